The third kappa shape index (κ3) is 108. The van der Waals surface area contributed by atoms with E-state index in [1.807, 2.05) is 31.6 Å². The molecule has 2 rings (SSSR count). The number of hydrogen-bond donors (Lipinski definition) is 5. The molecule has 1 aliphatic rings. The van der Waals surface area contributed by atoms with Crippen LogP contribution >= 0.6 is 0 Å². The number of nitrogens with two attached hydrogens (primary N) is 2. The lowest BCUT2D eigenvalue weighted by atomic mass is 9.67. The lowest BCUT2D eigenvalue weighted by Crippen LogP contribution is -2.38. The van der Waals surface area contributed by atoms with Crippen LogP contribution in [-0.2, 0) is 56.6 Å². The molecule has 1 aliphatic carbocycles. The highest BCUT2D eigenvalue weighted by molar-refractivity contribution is 7.86. The SMILES string of the molecule is CC(C)(C)C(CN)C(C)(C)C.CC(C)(C)CC1CCC(C(C)(C)C)CC1.CC(C)(C)CCCCC(C(C)(C)C)S(=O)(=O)O.CC(C)(C)CCCCCC(=O)C[C@@H](CCCCN)C(C)(C)C.CC(C)(C)CCCCCC(=O)NCc1cn(CC(C)(C)C)nn1.CC(C)(C)CCCCCC(C)(C)C.CC(C)(C)CCOCCC(C)(C)C.COCCOCC(=O)NCCCC[C@H](CC(=O)CCCCCC(C)(C)C)C(C)(C)C. The second kappa shape index (κ2) is 73.5. The van der Waals surface area contributed by atoms with Gasteiger partial charge in [0, 0.05) is 65.5 Å². The second-order valence-electron chi connectivity index (χ2n) is 62.4. The summed E-state index contributed by atoms with van der Waals surface area (Å²) in [5.74, 6) is 4.35. The molecular weight excluding hydrogens is 1800 g/mol. The van der Waals surface area contributed by atoms with Crippen LogP contribution in [0.1, 0.15) is 588 Å². The van der Waals surface area contributed by atoms with Crippen molar-refractivity contribution in [2.24, 2.45) is 128 Å². The Morgan fingerprint density at radius 1 is 0.389 bits per heavy atom. The van der Waals surface area contributed by atoms with Gasteiger partial charge < -0.3 is 36.3 Å². The Bertz CT molecular complexity index is 3340. The van der Waals surface area contributed by atoms with Gasteiger partial charge in [-0.25, -0.2) is 0 Å². The Hall–Kier alpha value is -2.87. The summed E-state index contributed by atoms with van der Waals surface area (Å²) in [6.45, 7) is 114. The van der Waals surface area contributed by atoms with E-state index in [1.165, 1.54) is 109 Å². The number of ether oxygens (including phenoxy) is 3. The molecule has 864 valence electrons. The molecule has 0 saturated heterocycles. The van der Waals surface area contributed by atoms with Crippen molar-refractivity contribution in [1.29, 1.82) is 0 Å². The Morgan fingerprint density at radius 3 is 1.05 bits per heavy atom. The Balaban J connectivity index is -0.000000385. The first-order valence-electron chi connectivity index (χ1n) is 58.2. The topological polar surface area (TPSA) is 257 Å². The van der Waals surface area contributed by atoms with Crippen molar-refractivity contribution < 1.29 is 46.4 Å². The molecule has 1 aromatic rings. The number of ketones is 2. The zero-order valence-electron chi connectivity index (χ0n) is 106. The van der Waals surface area contributed by atoms with Crippen molar-refractivity contribution in [3.63, 3.8) is 0 Å². The summed E-state index contributed by atoms with van der Waals surface area (Å²) >= 11 is 0. The van der Waals surface area contributed by atoms with E-state index < -0.39 is 20.8 Å². The quantitative estimate of drug-likeness (QED) is 0.0300. The molecule has 0 aliphatic heterocycles. The molecule has 18 heteroatoms. The van der Waals surface area contributed by atoms with E-state index in [9.17, 15) is 32.1 Å². The van der Waals surface area contributed by atoms with Crippen molar-refractivity contribution in [3.05, 3.63) is 11.9 Å². The summed E-state index contributed by atoms with van der Waals surface area (Å²) in [4.78, 5) is 48.3. The third-order valence-corrected chi connectivity index (χ3v) is 28.9. The van der Waals surface area contributed by atoms with Crippen molar-refractivity contribution in [2.45, 2.75) is 601 Å². The van der Waals surface area contributed by atoms with E-state index in [4.69, 9.17) is 25.7 Å². The summed E-state index contributed by atoms with van der Waals surface area (Å²) in [5.41, 5.74) is 17.3. The van der Waals surface area contributed by atoms with Crippen LogP contribution < -0.4 is 22.1 Å². The van der Waals surface area contributed by atoms with E-state index >= 15 is 0 Å². The summed E-state index contributed by atoms with van der Waals surface area (Å²) in [6.07, 6.45) is 45.6. The fraction of sp³-hybridized carbons (Fsp3) is 0.952. The number of rotatable bonds is 51. The van der Waals surface area contributed by atoms with E-state index in [0.29, 0.717) is 134 Å². The molecule has 144 heavy (non-hydrogen) atoms. The fourth-order valence-corrected chi connectivity index (χ4v) is 19.6. The van der Waals surface area contributed by atoms with Crippen molar-refractivity contribution in [2.75, 3.05) is 59.8 Å². The number of unbranched alkanes of at least 4 members (excludes halogenated alkanes) is 11. The standard InChI is InChI=1S/C25H49NO4.C20H41NO.C18H34N4O.C15H30.C13H28O3S.C13H28.C12H26O.C10H23N/c1-24(2,3)15-11-8-9-14-22(27)19-21(25(4,5)6)13-10-12-16-26-23(28)20-30-18-17-29-7;1-19(2,3)14-10-7-8-13-18(22)16-17(20(4,5)6)12-9-11-15-21;1-17(2,3)11-9-7-8-10-16(23)19-12-15-13-22(21-20-15)14-18(4,5)6;1-14(2,3)11-12-7-9-13(10-8-12)15(4,5)6;1-12(2,3)10-8-7-9-11(13(4,5)6)17(14,15)16;1-12(2,3)10-8-7-9-11-13(4,5)6;1-11(2,3)7-9-13-10-8-12(4,5)6;1-9(2,3)8(7-11)10(4,5)6/h21H,8-20H2,1-7H3,(H,26,28);17H,7-16,21H2,1-6H3;13H,7-12,14H2,1-6H3,(H,19,23);12-13H,7-11H2,1-6H3;11H,7-10H2,1-6H3,(H,14,15,16);7-11H2,1-6H3;7-10H2,1-6H3;8H,7,11H2,1-6H3/t21-;17-;;;;;;/m11....../s1. The zero-order chi connectivity index (χ0) is 114. The number of carbonyl (C=O) groups is 4. The first-order valence-corrected chi connectivity index (χ1v) is 59.7. The number of nitrogens with one attached hydrogen (secondary N) is 2. The van der Waals surface area contributed by atoms with Crippen LogP contribution in [0.25, 0.3) is 0 Å². The average Bonchev–Trinajstić information content (AvgIpc) is 1.32. The lowest BCUT2D eigenvalue weighted by Gasteiger charge is -2.39. The van der Waals surface area contributed by atoms with Crippen LogP contribution in [0.5, 0.6) is 0 Å². The number of nitrogens with zero attached hydrogens (tertiary/aromatic N) is 3. The lowest BCUT2D eigenvalue weighted by molar-refractivity contribution is -0.126. The summed E-state index contributed by atoms with van der Waals surface area (Å²) in [6, 6.07) is 0. The van der Waals surface area contributed by atoms with Crippen LogP contribution in [0.2, 0.25) is 0 Å². The van der Waals surface area contributed by atoms with Crippen LogP contribution in [0.3, 0.4) is 0 Å². The Morgan fingerprint density at radius 2 is 0.743 bits per heavy atom. The van der Waals surface area contributed by atoms with Gasteiger partial charge in [-0.15, -0.1) is 5.10 Å². The molecular formula is C126H259N7O10S. The highest BCUT2D eigenvalue weighted by atomic mass is 32.2. The average molecular weight is 2060 g/mol. The zero-order valence-corrected chi connectivity index (χ0v) is 107. The number of aromatic nitrogens is 3. The maximum absolute atomic E-state index is 12.5. The Labute approximate surface area is 900 Å². The highest BCUT2D eigenvalue weighted by Gasteiger charge is 2.37. The highest BCUT2D eigenvalue weighted by Crippen LogP contribution is 2.45. The third-order valence-electron chi connectivity index (χ3n) is 27.3. The van der Waals surface area contributed by atoms with Crippen LogP contribution in [0, 0.1) is 116 Å². The maximum Gasteiger partial charge on any atom is 0.268 e. The summed E-state index contributed by atoms with van der Waals surface area (Å²) in [7, 11) is -2.33. The predicted molar refractivity (Wildman–Crippen MR) is 631 cm³/mol. The molecule has 0 aromatic carbocycles. The van der Waals surface area contributed by atoms with E-state index in [-0.39, 0.29) is 40.1 Å². The number of carbonyl (C=O) groups excluding carboxylic acids is 4. The molecule has 3 atom stereocenters. The molecule has 1 saturated carbocycles. The molecule has 1 fully saturated rings. The van der Waals surface area contributed by atoms with Gasteiger partial charge in [0.1, 0.15) is 23.9 Å². The van der Waals surface area contributed by atoms with Crippen molar-refractivity contribution >= 4 is 33.5 Å². The number of Topliss-reactive ketones (excluding diaryl/α,β-unsaturated/α-hetero) is 2. The van der Waals surface area contributed by atoms with Crippen LogP contribution in [-0.4, -0.2) is 116 Å². The van der Waals surface area contributed by atoms with Gasteiger partial charge in [0.2, 0.25) is 11.8 Å². The van der Waals surface area contributed by atoms with Gasteiger partial charge >= 0.3 is 0 Å². The number of amides is 2. The smallest absolute Gasteiger partial charge is 0.268 e. The molecule has 1 aromatic heterocycles. The largest absolute Gasteiger partial charge is 0.382 e. The van der Waals surface area contributed by atoms with Gasteiger partial charge in [-0.2, -0.15) is 8.42 Å². The fourth-order valence-electron chi connectivity index (χ4n) is 18.2. The maximum atomic E-state index is 12.5. The van der Waals surface area contributed by atoms with Gasteiger partial charge in [-0.1, -0.05) is 434 Å². The van der Waals surface area contributed by atoms with Gasteiger partial charge in [0.15, 0.2) is 0 Å². The van der Waals surface area contributed by atoms with Crippen LogP contribution in [0.15, 0.2) is 6.20 Å². The van der Waals surface area contributed by atoms with Crippen LogP contribution in [0.4, 0.5) is 0 Å². The number of methoxy groups -OCH3 is 1. The van der Waals surface area contributed by atoms with Crippen molar-refractivity contribution in [3.8, 4) is 0 Å². The first kappa shape index (κ1) is 152. The van der Waals surface area contributed by atoms with Gasteiger partial charge in [-0.05, 0) is 251 Å². The molecule has 0 radical (unpaired) electrons. The molecule has 1 unspecified atom stereocenters. The van der Waals surface area contributed by atoms with Gasteiger partial charge in [-0.3, -0.25) is 28.4 Å². The van der Waals surface area contributed by atoms with E-state index in [0.717, 1.165) is 172 Å². The molecule has 2 amide bonds. The minimum absolute atomic E-state index is 0.0816. The second-order valence-corrected chi connectivity index (χ2v) is 64.0. The van der Waals surface area contributed by atoms with Crippen molar-refractivity contribution in [1.82, 2.24) is 25.6 Å². The monoisotopic (exact) mass is 2060 g/mol. The minimum atomic E-state index is -3.94. The van der Waals surface area contributed by atoms with Gasteiger partial charge in [0.25, 0.3) is 10.1 Å². The molecule has 7 N–H and O–H groups in total. The molecule has 0 bridgehead atoms. The summed E-state index contributed by atoms with van der Waals surface area (Å²) in [5, 5.41) is 13.4. The van der Waals surface area contributed by atoms with Gasteiger partial charge in [0.05, 0.1) is 31.2 Å². The normalized spacial score (nSPS) is 15.3. The number of hydrogen-bond acceptors (Lipinski definition) is 13. The molecule has 0 spiro atoms. The van der Waals surface area contributed by atoms with E-state index in [2.05, 4.69) is 333 Å². The predicted octanol–water partition coefficient (Wildman–Crippen LogP) is 36.0. The molecule has 1 heterocycles. The first-order chi connectivity index (χ1) is 64.7. The molecule has 17 nitrogen and oxygen atoms in total. The Kier molecular flexibility index (Phi) is 77.4. The van der Waals surface area contributed by atoms with E-state index in [1.54, 1.807) is 7.11 Å². The minimum Gasteiger partial charge on any atom is -0.382 e. The summed E-state index contributed by atoms with van der Waals surface area (Å²) < 4.78 is 49.4.